The Hall–Kier alpha value is -1.35. The van der Waals surface area contributed by atoms with E-state index in [4.69, 9.17) is 4.74 Å². The van der Waals surface area contributed by atoms with Gasteiger partial charge in [0.2, 0.25) is 0 Å². The number of hydrogen-bond donors (Lipinski definition) is 0. The lowest BCUT2D eigenvalue weighted by Crippen LogP contribution is -2.29. The van der Waals surface area contributed by atoms with Gasteiger partial charge in [0, 0.05) is 0 Å². The Kier molecular flexibility index (Phi) is 6.73. The lowest BCUT2D eigenvalue weighted by molar-refractivity contribution is 0.0933. The van der Waals surface area contributed by atoms with Crippen molar-refractivity contribution in [2.45, 2.75) is 41.0 Å². The molecule has 1 aromatic carbocycles. The first-order valence-electron chi connectivity index (χ1n) is 7.53. The highest BCUT2D eigenvalue weighted by Crippen LogP contribution is 2.26. The van der Waals surface area contributed by atoms with E-state index in [0.29, 0.717) is 13.2 Å². The van der Waals surface area contributed by atoms with E-state index in [1.165, 1.54) is 0 Å². The number of ketones is 1. The van der Waals surface area contributed by atoms with Crippen molar-refractivity contribution in [1.29, 1.82) is 0 Å². The minimum Gasteiger partial charge on any atom is -0.493 e. The third kappa shape index (κ3) is 4.34. The summed E-state index contributed by atoms with van der Waals surface area (Å²) in [6.45, 7) is 13.1. The first kappa shape index (κ1) is 16.7. The zero-order chi connectivity index (χ0) is 15.1. The molecule has 0 saturated carbocycles. The molecule has 0 fully saturated rings. The SMILES string of the molecule is CCCOc1c(C)cc(C)cc1C(=O)CN(CC)CC. The summed E-state index contributed by atoms with van der Waals surface area (Å²) in [4.78, 5) is 14.7. The van der Waals surface area contributed by atoms with Crippen LogP contribution in [0.2, 0.25) is 0 Å². The predicted molar refractivity (Wildman–Crippen MR) is 83.8 cm³/mol. The average molecular weight is 277 g/mol. The van der Waals surface area contributed by atoms with Crippen LogP contribution in [0.4, 0.5) is 0 Å². The van der Waals surface area contributed by atoms with E-state index in [-0.39, 0.29) is 5.78 Å². The lowest BCUT2D eigenvalue weighted by atomic mass is 10.0. The number of ether oxygens (including phenoxy) is 1. The second-order valence-corrected chi connectivity index (χ2v) is 5.19. The van der Waals surface area contributed by atoms with Crippen molar-refractivity contribution in [3.63, 3.8) is 0 Å². The highest BCUT2D eigenvalue weighted by atomic mass is 16.5. The van der Waals surface area contributed by atoms with Crippen LogP contribution in [0.5, 0.6) is 5.75 Å². The highest BCUT2D eigenvalue weighted by molar-refractivity contribution is 6.00. The van der Waals surface area contributed by atoms with Crippen LogP contribution in [0.3, 0.4) is 0 Å². The Labute approximate surface area is 122 Å². The molecule has 112 valence electrons. The zero-order valence-corrected chi connectivity index (χ0v) is 13.5. The predicted octanol–water partition coefficient (Wildman–Crippen LogP) is 3.62. The summed E-state index contributed by atoms with van der Waals surface area (Å²) >= 11 is 0. The van der Waals surface area contributed by atoms with Gasteiger partial charge in [-0.2, -0.15) is 0 Å². The molecule has 0 amide bonds. The van der Waals surface area contributed by atoms with Gasteiger partial charge in [-0.05, 0) is 50.6 Å². The minimum atomic E-state index is 0.145. The van der Waals surface area contributed by atoms with Gasteiger partial charge in [-0.15, -0.1) is 0 Å². The molecule has 0 radical (unpaired) electrons. The number of nitrogens with zero attached hydrogens (tertiary/aromatic N) is 1. The van der Waals surface area contributed by atoms with E-state index in [2.05, 4.69) is 31.7 Å². The van der Waals surface area contributed by atoms with Crippen LogP contribution in [0.25, 0.3) is 0 Å². The number of likely N-dealkylation sites (N-methyl/N-ethyl adjacent to an activating group) is 1. The van der Waals surface area contributed by atoms with Gasteiger partial charge >= 0.3 is 0 Å². The molecule has 20 heavy (non-hydrogen) atoms. The van der Waals surface area contributed by atoms with Gasteiger partial charge in [0.1, 0.15) is 5.75 Å². The van der Waals surface area contributed by atoms with E-state index in [1.54, 1.807) is 0 Å². The Morgan fingerprint density at radius 2 is 1.80 bits per heavy atom. The van der Waals surface area contributed by atoms with Crippen molar-refractivity contribution in [2.24, 2.45) is 0 Å². The molecule has 1 rings (SSSR count). The van der Waals surface area contributed by atoms with Crippen LogP contribution in [0, 0.1) is 13.8 Å². The number of carbonyl (C=O) groups is 1. The molecule has 0 aliphatic heterocycles. The summed E-state index contributed by atoms with van der Waals surface area (Å²) in [5.41, 5.74) is 2.87. The smallest absolute Gasteiger partial charge is 0.180 e. The summed E-state index contributed by atoms with van der Waals surface area (Å²) in [5.74, 6) is 0.904. The molecule has 3 nitrogen and oxygen atoms in total. The van der Waals surface area contributed by atoms with Gasteiger partial charge in [0.25, 0.3) is 0 Å². The third-order valence-corrected chi connectivity index (χ3v) is 3.43. The quantitative estimate of drug-likeness (QED) is 0.680. The Bertz CT molecular complexity index is 451. The Morgan fingerprint density at radius 1 is 1.15 bits per heavy atom. The van der Waals surface area contributed by atoms with E-state index in [9.17, 15) is 4.79 Å². The van der Waals surface area contributed by atoms with Crippen molar-refractivity contribution in [3.05, 3.63) is 28.8 Å². The van der Waals surface area contributed by atoms with Gasteiger partial charge in [0.15, 0.2) is 5.78 Å². The van der Waals surface area contributed by atoms with E-state index in [0.717, 1.165) is 42.0 Å². The molecule has 0 saturated heterocycles. The summed E-state index contributed by atoms with van der Waals surface area (Å²) in [5, 5.41) is 0. The molecule has 0 atom stereocenters. The van der Waals surface area contributed by atoms with Crippen LogP contribution in [-0.2, 0) is 0 Å². The molecular weight excluding hydrogens is 250 g/mol. The summed E-state index contributed by atoms with van der Waals surface area (Å²) in [6, 6.07) is 4.02. The number of carbonyl (C=O) groups excluding carboxylic acids is 1. The monoisotopic (exact) mass is 277 g/mol. The average Bonchev–Trinajstić information content (AvgIpc) is 2.42. The molecule has 0 N–H and O–H groups in total. The molecule has 3 heteroatoms. The van der Waals surface area contributed by atoms with Gasteiger partial charge in [-0.1, -0.05) is 26.8 Å². The van der Waals surface area contributed by atoms with Crippen molar-refractivity contribution in [1.82, 2.24) is 4.90 Å². The standard InChI is InChI=1S/C17H27NO2/c1-6-9-20-17-14(5)10-13(4)11-15(17)16(19)12-18(7-2)8-3/h10-11H,6-9,12H2,1-5H3. The number of hydrogen-bond acceptors (Lipinski definition) is 3. The van der Waals surface area contributed by atoms with E-state index in [1.807, 2.05) is 19.9 Å². The van der Waals surface area contributed by atoms with Crippen molar-refractivity contribution >= 4 is 5.78 Å². The Morgan fingerprint density at radius 3 is 2.35 bits per heavy atom. The molecule has 0 bridgehead atoms. The summed E-state index contributed by atoms with van der Waals surface area (Å²) in [6.07, 6.45) is 0.941. The van der Waals surface area contributed by atoms with Crippen LogP contribution in [0.1, 0.15) is 48.7 Å². The van der Waals surface area contributed by atoms with Crippen molar-refractivity contribution < 1.29 is 9.53 Å². The number of Topliss-reactive ketones (excluding diaryl/α,β-unsaturated/α-hetero) is 1. The van der Waals surface area contributed by atoms with Crippen molar-refractivity contribution in [2.75, 3.05) is 26.2 Å². The molecule has 0 aliphatic carbocycles. The van der Waals surface area contributed by atoms with E-state index < -0.39 is 0 Å². The highest BCUT2D eigenvalue weighted by Gasteiger charge is 2.17. The van der Waals surface area contributed by atoms with Crippen LogP contribution in [-0.4, -0.2) is 36.9 Å². The molecule has 0 aliphatic rings. The van der Waals surface area contributed by atoms with Crippen LogP contribution < -0.4 is 4.74 Å². The number of aryl methyl sites for hydroxylation is 2. The number of benzene rings is 1. The molecule has 1 aromatic rings. The molecule has 0 aromatic heterocycles. The fraction of sp³-hybridized carbons (Fsp3) is 0.588. The first-order chi connectivity index (χ1) is 9.53. The topological polar surface area (TPSA) is 29.5 Å². The molecular formula is C17H27NO2. The first-order valence-corrected chi connectivity index (χ1v) is 7.53. The van der Waals surface area contributed by atoms with Crippen molar-refractivity contribution in [3.8, 4) is 5.75 Å². The number of rotatable bonds is 8. The maximum atomic E-state index is 12.5. The largest absolute Gasteiger partial charge is 0.493 e. The second kappa shape index (κ2) is 8.05. The summed E-state index contributed by atoms with van der Waals surface area (Å²) < 4.78 is 5.80. The maximum absolute atomic E-state index is 12.5. The lowest BCUT2D eigenvalue weighted by Gasteiger charge is -2.19. The normalized spacial score (nSPS) is 10.9. The fourth-order valence-electron chi connectivity index (χ4n) is 2.29. The van der Waals surface area contributed by atoms with Gasteiger partial charge < -0.3 is 4.74 Å². The van der Waals surface area contributed by atoms with Crippen LogP contribution >= 0.6 is 0 Å². The second-order valence-electron chi connectivity index (χ2n) is 5.19. The van der Waals surface area contributed by atoms with E-state index >= 15 is 0 Å². The third-order valence-electron chi connectivity index (χ3n) is 3.43. The summed E-state index contributed by atoms with van der Waals surface area (Å²) in [7, 11) is 0. The van der Waals surface area contributed by atoms with Gasteiger partial charge in [-0.3, -0.25) is 9.69 Å². The van der Waals surface area contributed by atoms with Crippen LogP contribution in [0.15, 0.2) is 12.1 Å². The molecule has 0 unspecified atom stereocenters. The minimum absolute atomic E-state index is 0.145. The van der Waals surface area contributed by atoms with Gasteiger partial charge in [-0.25, -0.2) is 0 Å². The Balaban J connectivity index is 3.04. The molecule has 0 heterocycles. The maximum Gasteiger partial charge on any atom is 0.180 e. The fourth-order valence-corrected chi connectivity index (χ4v) is 2.29. The zero-order valence-electron chi connectivity index (χ0n) is 13.5. The molecule has 0 spiro atoms. The van der Waals surface area contributed by atoms with Gasteiger partial charge in [0.05, 0.1) is 18.7 Å².